The second kappa shape index (κ2) is 8.36. The van der Waals surface area contributed by atoms with E-state index in [4.69, 9.17) is 14.2 Å². The second-order valence-corrected chi connectivity index (χ2v) is 6.67. The number of aromatic nitrogens is 2. The van der Waals surface area contributed by atoms with Gasteiger partial charge in [-0.15, -0.1) is 0 Å². The molecule has 0 amide bonds. The van der Waals surface area contributed by atoms with Crippen LogP contribution in [0.4, 0.5) is 0 Å². The maximum Gasteiger partial charge on any atom is 0.357 e. The zero-order valence-corrected chi connectivity index (χ0v) is 17.4. The number of benzene rings is 2. The number of para-hydroxylation sites is 1. The molecule has 3 aromatic rings. The molecule has 29 heavy (non-hydrogen) atoms. The summed E-state index contributed by atoms with van der Waals surface area (Å²) in [7, 11) is 3.82. The van der Waals surface area contributed by atoms with Crippen molar-refractivity contribution >= 4 is 27.9 Å². The van der Waals surface area contributed by atoms with Crippen molar-refractivity contribution in [3.63, 3.8) is 0 Å². The molecule has 1 aromatic heterocycles. The van der Waals surface area contributed by atoms with E-state index in [9.17, 15) is 14.7 Å². The van der Waals surface area contributed by atoms with Crippen LogP contribution in [0, 0.1) is 0 Å². The molecule has 1 N–H and O–H groups in total. The summed E-state index contributed by atoms with van der Waals surface area (Å²) in [6.07, 6.45) is 0. The predicted octanol–water partition coefficient (Wildman–Crippen LogP) is 3.59. The molecular formula is C20H17BrN2O6. The maximum absolute atomic E-state index is 12.6. The van der Waals surface area contributed by atoms with Gasteiger partial charge in [-0.1, -0.05) is 18.2 Å². The third-order valence-electron chi connectivity index (χ3n) is 4.18. The second-order valence-electron chi connectivity index (χ2n) is 5.81. The highest BCUT2D eigenvalue weighted by molar-refractivity contribution is 9.10. The van der Waals surface area contributed by atoms with Gasteiger partial charge in [-0.2, -0.15) is 5.10 Å². The van der Waals surface area contributed by atoms with Crippen LogP contribution in [0.3, 0.4) is 0 Å². The Labute approximate surface area is 174 Å². The van der Waals surface area contributed by atoms with Gasteiger partial charge in [0.15, 0.2) is 17.2 Å². The van der Waals surface area contributed by atoms with Crippen LogP contribution in [0.25, 0.3) is 16.9 Å². The van der Waals surface area contributed by atoms with E-state index >= 15 is 0 Å². The summed E-state index contributed by atoms with van der Waals surface area (Å²) in [6, 6.07) is 11.9. The van der Waals surface area contributed by atoms with E-state index in [-0.39, 0.29) is 28.5 Å². The Morgan fingerprint density at radius 1 is 1.03 bits per heavy atom. The molecule has 8 nitrogen and oxygen atoms in total. The number of nitrogens with zero attached hydrogens (tertiary/aromatic N) is 2. The van der Waals surface area contributed by atoms with Gasteiger partial charge in [-0.3, -0.25) is 0 Å². The third kappa shape index (κ3) is 3.68. The number of carbonyl (C=O) groups excluding carboxylic acids is 2. The first kappa shape index (κ1) is 20.4. The molecule has 0 fully saturated rings. The molecule has 0 saturated carbocycles. The van der Waals surface area contributed by atoms with Crippen molar-refractivity contribution < 1.29 is 28.9 Å². The smallest absolute Gasteiger partial charge is 0.357 e. The maximum atomic E-state index is 12.6. The largest absolute Gasteiger partial charge is 0.503 e. The summed E-state index contributed by atoms with van der Waals surface area (Å²) in [5.41, 5.74) is 0.993. The van der Waals surface area contributed by atoms with Gasteiger partial charge in [0, 0.05) is 5.56 Å². The molecule has 150 valence electrons. The number of aromatic hydroxyl groups is 1. The SMILES string of the molecule is COC(=O)c1c(-c2cc(Br)c(O)c(OC)c2)nn(-c2ccccc2)c1C(=O)OC. The first-order valence-electron chi connectivity index (χ1n) is 8.34. The lowest BCUT2D eigenvalue weighted by molar-refractivity contribution is 0.0549. The number of methoxy groups -OCH3 is 3. The molecule has 0 spiro atoms. The molecule has 0 unspecified atom stereocenters. The number of rotatable bonds is 5. The molecule has 1 heterocycles. The summed E-state index contributed by atoms with van der Waals surface area (Å²) >= 11 is 3.25. The number of esters is 2. The zero-order chi connectivity index (χ0) is 21.1. The minimum Gasteiger partial charge on any atom is -0.503 e. The van der Waals surface area contributed by atoms with Crippen molar-refractivity contribution in [3.8, 4) is 28.4 Å². The van der Waals surface area contributed by atoms with Crippen molar-refractivity contribution in [3.05, 3.63) is 58.2 Å². The van der Waals surface area contributed by atoms with E-state index < -0.39 is 11.9 Å². The van der Waals surface area contributed by atoms with Gasteiger partial charge in [0.25, 0.3) is 0 Å². The molecule has 2 aromatic carbocycles. The summed E-state index contributed by atoms with van der Waals surface area (Å²) < 4.78 is 16.6. The number of halogens is 1. The van der Waals surface area contributed by atoms with Crippen LogP contribution in [0.15, 0.2) is 46.9 Å². The number of ether oxygens (including phenoxy) is 3. The Kier molecular flexibility index (Phi) is 5.88. The molecule has 0 aliphatic carbocycles. The number of hydrogen-bond acceptors (Lipinski definition) is 7. The van der Waals surface area contributed by atoms with E-state index in [1.807, 2.05) is 6.07 Å². The highest BCUT2D eigenvalue weighted by Gasteiger charge is 2.31. The van der Waals surface area contributed by atoms with Crippen molar-refractivity contribution in [1.82, 2.24) is 9.78 Å². The monoisotopic (exact) mass is 460 g/mol. The first-order chi connectivity index (χ1) is 13.9. The molecule has 9 heteroatoms. The zero-order valence-electron chi connectivity index (χ0n) is 15.8. The van der Waals surface area contributed by atoms with Crippen LogP contribution >= 0.6 is 15.9 Å². The lowest BCUT2D eigenvalue weighted by atomic mass is 10.0. The van der Waals surface area contributed by atoms with Crippen molar-refractivity contribution in [2.45, 2.75) is 0 Å². The average Bonchev–Trinajstić information content (AvgIpc) is 3.15. The number of phenolic OH excluding ortho intramolecular Hbond substituents is 1. The fourth-order valence-electron chi connectivity index (χ4n) is 2.82. The van der Waals surface area contributed by atoms with Gasteiger partial charge < -0.3 is 19.3 Å². The van der Waals surface area contributed by atoms with Gasteiger partial charge in [0.05, 0.1) is 31.5 Å². The average molecular weight is 461 g/mol. The minimum absolute atomic E-state index is 0.0668. The van der Waals surface area contributed by atoms with Gasteiger partial charge in [0.1, 0.15) is 11.3 Å². The lowest BCUT2D eigenvalue weighted by Crippen LogP contribution is -2.15. The quantitative estimate of drug-likeness (QED) is 0.580. The highest BCUT2D eigenvalue weighted by Crippen LogP contribution is 2.40. The van der Waals surface area contributed by atoms with E-state index in [0.717, 1.165) is 0 Å². The highest BCUT2D eigenvalue weighted by atomic mass is 79.9. The summed E-state index contributed by atoms with van der Waals surface area (Å²) in [5, 5.41) is 14.6. The Hall–Kier alpha value is -3.33. The van der Waals surface area contributed by atoms with E-state index in [2.05, 4.69) is 21.0 Å². The van der Waals surface area contributed by atoms with Crippen molar-refractivity contribution in [2.75, 3.05) is 21.3 Å². The third-order valence-corrected chi connectivity index (χ3v) is 4.78. The van der Waals surface area contributed by atoms with Crippen molar-refractivity contribution in [2.24, 2.45) is 0 Å². The standard InChI is InChI=1S/C20H17BrN2O6/c1-27-14-10-11(9-13(21)18(14)24)16-15(19(25)28-2)17(20(26)29-3)23(22-16)12-7-5-4-6-8-12/h4-10,24H,1-3H3. The Bertz CT molecular complexity index is 1080. The van der Waals surface area contributed by atoms with Gasteiger partial charge in [0.2, 0.25) is 0 Å². The van der Waals surface area contributed by atoms with Gasteiger partial charge >= 0.3 is 11.9 Å². The molecule has 0 atom stereocenters. The lowest BCUT2D eigenvalue weighted by Gasteiger charge is -2.08. The predicted molar refractivity (Wildman–Crippen MR) is 108 cm³/mol. The van der Waals surface area contributed by atoms with E-state index in [1.165, 1.54) is 32.1 Å². The fraction of sp³-hybridized carbons (Fsp3) is 0.150. The van der Waals surface area contributed by atoms with Crippen LogP contribution in [-0.4, -0.2) is 48.2 Å². The van der Waals surface area contributed by atoms with Crippen LogP contribution in [0.2, 0.25) is 0 Å². The summed E-state index contributed by atoms with van der Waals surface area (Å²) in [5.74, 6) is -1.45. The summed E-state index contributed by atoms with van der Waals surface area (Å²) in [6.45, 7) is 0. The molecule has 3 rings (SSSR count). The molecule has 0 aliphatic rings. The van der Waals surface area contributed by atoms with Crippen LogP contribution in [-0.2, 0) is 9.47 Å². The number of hydrogen-bond donors (Lipinski definition) is 1. The normalized spacial score (nSPS) is 10.5. The molecule has 0 saturated heterocycles. The molecule has 0 aliphatic heterocycles. The van der Waals surface area contributed by atoms with Gasteiger partial charge in [-0.05, 0) is 40.2 Å². The molecule has 0 radical (unpaired) electrons. The van der Waals surface area contributed by atoms with E-state index in [1.54, 1.807) is 30.3 Å². The minimum atomic E-state index is -0.759. The molecular weight excluding hydrogens is 444 g/mol. The Morgan fingerprint density at radius 3 is 2.28 bits per heavy atom. The summed E-state index contributed by atoms with van der Waals surface area (Å²) in [4.78, 5) is 25.2. The Balaban J connectivity index is 2.38. The topological polar surface area (TPSA) is 99.9 Å². The first-order valence-corrected chi connectivity index (χ1v) is 9.14. The number of carbonyl (C=O) groups is 2. The van der Waals surface area contributed by atoms with Crippen LogP contribution in [0.1, 0.15) is 20.8 Å². The Morgan fingerprint density at radius 2 is 1.69 bits per heavy atom. The molecule has 0 bridgehead atoms. The fourth-order valence-corrected chi connectivity index (χ4v) is 3.26. The van der Waals surface area contributed by atoms with Gasteiger partial charge in [-0.25, -0.2) is 14.3 Å². The van der Waals surface area contributed by atoms with Crippen LogP contribution < -0.4 is 4.74 Å². The van der Waals surface area contributed by atoms with Crippen molar-refractivity contribution in [1.29, 1.82) is 0 Å². The number of phenols is 1. The van der Waals surface area contributed by atoms with Crippen LogP contribution in [0.5, 0.6) is 11.5 Å². The van der Waals surface area contributed by atoms with E-state index in [0.29, 0.717) is 15.7 Å².